The number of pyridine rings is 1. The molecule has 0 N–H and O–H groups in total. The molecule has 0 aliphatic heterocycles. The molecule has 0 amide bonds. The zero-order valence-corrected chi connectivity index (χ0v) is 13.5. The van der Waals surface area contributed by atoms with Crippen molar-refractivity contribution in [2.75, 3.05) is 19.0 Å². The van der Waals surface area contributed by atoms with Crippen molar-refractivity contribution in [1.82, 2.24) is 0 Å². The molecule has 0 aromatic carbocycles. The van der Waals surface area contributed by atoms with Crippen LogP contribution < -0.4 is 9.67 Å². The monoisotopic (exact) mass is 321 g/mol. The van der Waals surface area contributed by atoms with Crippen molar-refractivity contribution < 1.29 is 23.9 Å². The molecule has 6 heteroatoms. The van der Waals surface area contributed by atoms with E-state index < -0.39 is 11.9 Å². The predicted molar refractivity (Wildman–Crippen MR) is 83.1 cm³/mol. The van der Waals surface area contributed by atoms with Gasteiger partial charge < -0.3 is 14.6 Å². The van der Waals surface area contributed by atoms with E-state index in [4.69, 9.17) is 15.9 Å². The third kappa shape index (κ3) is 5.34. The molecule has 1 aromatic rings. The number of aromatic nitrogens is 1. The highest BCUT2D eigenvalue weighted by molar-refractivity contribution is 7.98. The maximum absolute atomic E-state index is 12.0. The summed E-state index contributed by atoms with van der Waals surface area (Å²) in [5, 5.41) is 12.0. The van der Waals surface area contributed by atoms with Gasteiger partial charge in [0.15, 0.2) is 12.4 Å². The van der Waals surface area contributed by atoms with Crippen LogP contribution in [-0.2, 0) is 20.0 Å². The van der Waals surface area contributed by atoms with Crippen LogP contribution in [0.25, 0.3) is 5.70 Å². The summed E-state index contributed by atoms with van der Waals surface area (Å²) in [5.41, 5.74) is 0.779. The summed E-state index contributed by atoms with van der Waals surface area (Å²) < 4.78 is 11.3. The second kappa shape index (κ2) is 9.74. The minimum Gasteiger partial charge on any atom is -0.609 e. The first-order valence-corrected chi connectivity index (χ1v) is 8.02. The van der Waals surface area contributed by atoms with Crippen molar-refractivity contribution in [2.24, 2.45) is 0 Å². The van der Waals surface area contributed by atoms with E-state index in [1.54, 1.807) is 44.1 Å². The maximum Gasteiger partial charge on any atom is 0.406 e. The molecule has 0 saturated carbocycles. The second-order valence-electron chi connectivity index (χ2n) is 4.11. The van der Waals surface area contributed by atoms with Gasteiger partial charge in [-0.15, -0.1) is 18.2 Å². The van der Waals surface area contributed by atoms with Gasteiger partial charge in [-0.1, -0.05) is 12.8 Å². The average Bonchev–Trinajstić information content (AvgIpc) is 2.49. The topological polar surface area (TPSA) is 62.5 Å². The Morgan fingerprint density at radius 3 is 2.77 bits per heavy atom. The Morgan fingerprint density at radius 2 is 2.14 bits per heavy atom. The third-order valence-electron chi connectivity index (χ3n) is 2.51. The van der Waals surface area contributed by atoms with Crippen LogP contribution in [0.4, 0.5) is 0 Å². The van der Waals surface area contributed by atoms with Crippen molar-refractivity contribution in [1.29, 1.82) is 0 Å². The van der Waals surface area contributed by atoms with E-state index in [9.17, 15) is 9.90 Å². The van der Waals surface area contributed by atoms with Crippen LogP contribution in [0.15, 0.2) is 30.5 Å². The van der Waals surface area contributed by atoms with Gasteiger partial charge in [0, 0.05) is 17.4 Å². The summed E-state index contributed by atoms with van der Waals surface area (Å²) in [6, 6.07) is 3.65. The number of thioether (sulfide) groups is 1. The lowest BCUT2D eigenvalue weighted by Gasteiger charge is -2.14. The summed E-state index contributed by atoms with van der Waals surface area (Å²) in [7, 11) is 0. The quantitative estimate of drug-likeness (QED) is 0.178. The molecule has 0 atom stereocenters. The number of terminal acetylenes is 1. The van der Waals surface area contributed by atoms with Gasteiger partial charge in [-0.05, 0) is 19.6 Å². The number of esters is 1. The molecule has 118 valence electrons. The van der Waals surface area contributed by atoms with Crippen LogP contribution in [0.5, 0.6) is 0 Å². The fourth-order valence-electron chi connectivity index (χ4n) is 1.67. The summed E-state index contributed by atoms with van der Waals surface area (Å²) in [5.74, 6) is 2.41. The number of carbonyl (C=O) groups excluding carboxylic acids is 1. The fourth-order valence-corrected chi connectivity index (χ4v) is 2.30. The lowest BCUT2D eigenvalue weighted by molar-refractivity contribution is -0.586. The van der Waals surface area contributed by atoms with Crippen molar-refractivity contribution in [2.45, 2.75) is 19.6 Å². The molecule has 0 saturated heterocycles. The number of rotatable bonds is 8. The molecule has 0 aliphatic carbocycles. The highest BCUT2D eigenvalue weighted by Crippen LogP contribution is 2.11. The van der Waals surface area contributed by atoms with Crippen molar-refractivity contribution >= 4 is 23.4 Å². The van der Waals surface area contributed by atoms with Crippen molar-refractivity contribution in [3.8, 4) is 12.3 Å². The van der Waals surface area contributed by atoms with Gasteiger partial charge in [0.1, 0.15) is 5.95 Å². The highest BCUT2D eigenvalue weighted by Gasteiger charge is 2.24. The molecule has 0 spiro atoms. The zero-order chi connectivity index (χ0) is 16.4. The molecule has 1 heterocycles. The summed E-state index contributed by atoms with van der Waals surface area (Å²) in [6.07, 6.45) is 8.53. The summed E-state index contributed by atoms with van der Waals surface area (Å²) >= 11 is 1.57. The van der Waals surface area contributed by atoms with Crippen molar-refractivity contribution in [3.63, 3.8) is 0 Å². The number of hydrogen-bond donors (Lipinski definition) is 0. The molecule has 0 radical (unpaired) electrons. The Labute approximate surface area is 134 Å². The Bertz CT molecular complexity index is 578. The fraction of sp³-hybridized carbons (Fsp3) is 0.375. The Balaban J connectivity index is 3.09. The summed E-state index contributed by atoms with van der Waals surface area (Å²) in [4.78, 5) is 12.0. The van der Waals surface area contributed by atoms with E-state index in [1.807, 2.05) is 6.07 Å². The first-order valence-electron chi connectivity index (χ1n) is 6.87. The first kappa shape index (κ1) is 17.9. The number of hydrogen-bond acceptors (Lipinski definition) is 5. The molecule has 5 nitrogen and oxygen atoms in total. The van der Waals surface area contributed by atoms with Crippen LogP contribution in [0.3, 0.4) is 0 Å². The molecule has 0 fully saturated rings. The molecule has 22 heavy (non-hydrogen) atoms. The number of nitrogens with zero attached hydrogens (tertiary/aromatic N) is 1. The standard InChI is InChI=1S/C16H19NO4S/c1-4-10-22-12-13-8-7-9-17(11-13)14(15(18)20-5-2)16(19)21-6-3/h1,7-9,11H,5-6,10,12H2,2-3H3. The molecule has 0 unspecified atom stereocenters. The summed E-state index contributed by atoms with van der Waals surface area (Å²) in [6.45, 7) is 3.72. The van der Waals surface area contributed by atoms with E-state index in [0.29, 0.717) is 11.5 Å². The average molecular weight is 321 g/mol. The predicted octanol–water partition coefficient (Wildman–Crippen LogP) is 0.926. The van der Waals surface area contributed by atoms with Crippen LogP contribution in [-0.4, -0.2) is 24.9 Å². The largest absolute Gasteiger partial charge is 0.609 e. The molecular formula is C16H19NO4S. The molecule has 0 bridgehead atoms. The lowest BCUT2D eigenvalue weighted by atomic mass is 10.3. The molecule has 1 aromatic heterocycles. The highest BCUT2D eigenvalue weighted by atomic mass is 32.2. The van der Waals surface area contributed by atoms with Gasteiger partial charge in [0.2, 0.25) is 0 Å². The first-order chi connectivity index (χ1) is 10.6. The molecule has 0 aliphatic rings. The Hall–Kier alpha value is -2.13. The van der Waals surface area contributed by atoms with Gasteiger partial charge in [-0.2, -0.15) is 4.57 Å². The van der Waals surface area contributed by atoms with Gasteiger partial charge in [0.05, 0.1) is 12.4 Å². The third-order valence-corrected chi connectivity index (χ3v) is 3.42. The van der Waals surface area contributed by atoms with E-state index in [0.717, 1.165) is 5.56 Å². The van der Waals surface area contributed by atoms with Gasteiger partial charge in [-0.3, -0.25) is 0 Å². The van der Waals surface area contributed by atoms with Crippen LogP contribution in [0, 0.1) is 12.3 Å². The minimum absolute atomic E-state index is 0.160. The van der Waals surface area contributed by atoms with E-state index in [-0.39, 0.29) is 18.9 Å². The number of ether oxygens (including phenoxy) is 2. The lowest BCUT2D eigenvalue weighted by Crippen LogP contribution is -2.40. The molecular weight excluding hydrogens is 302 g/mol. The van der Waals surface area contributed by atoms with Gasteiger partial charge in [0.25, 0.3) is 0 Å². The SMILES string of the molecule is C#CCSCc1ccc[n+](/C(C(=O)OCC)=C(\[O-])OCC)c1. The van der Waals surface area contributed by atoms with Gasteiger partial charge in [-0.25, -0.2) is 4.79 Å². The normalized spacial score (nSPS) is 11.3. The Kier molecular flexibility index (Phi) is 7.94. The van der Waals surface area contributed by atoms with Gasteiger partial charge >= 0.3 is 11.7 Å². The minimum atomic E-state index is -0.709. The maximum atomic E-state index is 12.0. The van der Waals surface area contributed by atoms with Crippen LogP contribution in [0.2, 0.25) is 0 Å². The van der Waals surface area contributed by atoms with Crippen LogP contribution in [0.1, 0.15) is 19.4 Å². The zero-order valence-electron chi connectivity index (χ0n) is 12.7. The van der Waals surface area contributed by atoms with E-state index in [2.05, 4.69) is 5.92 Å². The number of carbonyl (C=O) groups is 1. The van der Waals surface area contributed by atoms with E-state index >= 15 is 0 Å². The smallest absolute Gasteiger partial charge is 0.406 e. The van der Waals surface area contributed by atoms with E-state index in [1.165, 1.54) is 4.57 Å². The van der Waals surface area contributed by atoms with Crippen molar-refractivity contribution in [3.05, 3.63) is 36.0 Å². The van der Waals surface area contributed by atoms with Crippen LogP contribution >= 0.6 is 11.8 Å². The second-order valence-corrected chi connectivity index (χ2v) is 5.09. The Morgan fingerprint density at radius 1 is 1.41 bits per heavy atom. The molecule has 1 rings (SSSR count).